The molecule has 0 unspecified atom stereocenters. The molecule has 29 heavy (non-hydrogen) atoms. The van der Waals surface area contributed by atoms with Gasteiger partial charge in [-0.05, 0) is 56.3 Å². The first-order chi connectivity index (χ1) is 13.9. The van der Waals surface area contributed by atoms with E-state index in [1.165, 1.54) is 0 Å². The minimum Gasteiger partial charge on any atom is -0.169 e. The summed E-state index contributed by atoms with van der Waals surface area (Å²) in [6.45, 7) is 0. The summed E-state index contributed by atoms with van der Waals surface area (Å²) in [5.74, 6) is 0. The molecule has 0 nitrogen and oxygen atoms in total. The maximum atomic E-state index is 2.48. The van der Waals surface area contributed by atoms with Crippen molar-refractivity contribution in [3.8, 4) is 0 Å². The summed E-state index contributed by atoms with van der Waals surface area (Å²) in [6.07, 6.45) is 20.6. The van der Waals surface area contributed by atoms with Crippen molar-refractivity contribution >= 4 is 136 Å². The van der Waals surface area contributed by atoms with Gasteiger partial charge in [0.25, 0.3) is 0 Å². The Bertz CT molecular complexity index is 522. The van der Waals surface area contributed by atoms with Crippen molar-refractivity contribution in [2.75, 3.05) is 56.3 Å². The Hall–Kier alpha value is 3.45. The maximum Gasteiger partial charge on any atom is 0.221 e. The minimum atomic E-state index is -1.65. The van der Waals surface area contributed by atoms with Crippen molar-refractivity contribution in [1.82, 2.24) is 0 Å². The van der Waals surface area contributed by atoms with Crippen LogP contribution < -0.4 is 5.19 Å². The second-order valence-electron chi connectivity index (χ2n) is 6.07. The van der Waals surface area contributed by atoms with Crippen molar-refractivity contribution in [3.63, 3.8) is 0 Å². The molecule has 0 fully saturated rings. The summed E-state index contributed by atoms with van der Waals surface area (Å²) in [5, 5.41) is -3.15. The minimum absolute atomic E-state index is 0.379. The van der Waals surface area contributed by atoms with E-state index in [9.17, 15) is 0 Å². The summed E-state index contributed by atoms with van der Waals surface area (Å²) >= 11 is 21.1. The Balaban J connectivity index is 4.15. The second kappa shape index (κ2) is 14.1. The number of hydrogen-bond donors (Lipinski definition) is 0. The van der Waals surface area contributed by atoms with Gasteiger partial charge in [0.05, 0.1) is 9.04 Å². The molecule has 0 radical (unpaired) electrons. The number of rotatable bonds is 14. The van der Waals surface area contributed by atoms with Crippen LogP contribution in [0.2, 0.25) is 0 Å². The van der Waals surface area contributed by atoms with Gasteiger partial charge in [0.15, 0.2) is 0 Å². The van der Waals surface area contributed by atoms with Gasteiger partial charge in [0.1, 0.15) is 6.14 Å². The van der Waals surface area contributed by atoms with Crippen LogP contribution in [0.4, 0.5) is 0 Å². The van der Waals surface area contributed by atoms with E-state index in [-0.39, 0.29) is 9.04 Å². The highest BCUT2D eigenvalue weighted by Crippen LogP contribution is 2.64. The molecule has 14 heteroatoms. The maximum absolute atomic E-state index is 2.48. The largest absolute Gasteiger partial charge is 0.221 e. The Labute approximate surface area is 220 Å². The van der Waals surface area contributed by atoms with Gasteiger partial charge in [-0.15, -0.1) is 0 Å². The summed E-state index contributed by atoms with van der Waals surface area (Å²) in [5.41, 5.74) is 0. The van der Waals surface area contributed by atoms with Crippen LogP contribution in [0.1, 0.15) is 0 Å². The summed E-state index contributed by atoms with van der Waals surface area (Å²) in [4.78, 5) is 0. The highest BCUT2D eigenvalue weighted by molar-refractivity contribution is 9.07. The molecule has 0 bridgehead atoms. The zero-order valence-corrected chi connectivity index (χ0v) is 31.5. The Morgan fingerprint density at radius 3 is 1.00 bits per heavy atom. The molecule has 0 spiro atoms. The van der Waals surface area contributed by atoms with E-state index in [0.717, 1.165) is 0 Å². The molecule has 0 heterocycles. The van der Waals surface area contributed by atoms with Crippen LogP contribution in [-0.2, 0) is 0 Å². The van der Waals surface area contributed by atoms with E-state index in [1.807, 2.05) is 0 Å². The molecular formula is C15H34S9Si5. The quantitative estimate of drug-likeness (QED) is 0.231. The van der Waals surface area contributed by atoms with Crippen LogP contribution in [0.5, 0.6) is 0 Å². The van der Waals surface area contributed by atoms with Crippen LogP contribution in [0.25, 0.3) is 0 Å². The lowest BCUT2D eigenvalue weighted by molar-refractivity contribution is 1.77. The molecule has 0 atom stereocenters. The first kappa shape index (κ1) is 30.5. The molecular weight excluding hydrogens is 609 g/mol. The normalized spacial score (nSPS) is 14.1. The second-order valence-corrected chi connectivity index (χ2v) is 89.9. The molecule has 0 aromatic heterocycles. The van der Waals surface area contributed by atoms with Crippen molar-refractivity contribution in [2.24, 2.45) is 0 Å². The van der Waals surface area contributed by atoms with Gasteiger partial charge >= 0.3 is 0 Å². The summed E-state index contributed by atoms with van der Waals surface area (Å²) in [7, 11) is -0.379. The fourth-order valence-corrected chi connectivity index (χ4v) is 320. The zero-order valence-electron chi connectivity index (χ0n) is 18.8. The molecule has 0 aliphatic carbocycles. The lowest BCUT2D eigenvalue weighted by Gasteiger charge is -2.59. The van der Waals surface area contributed by atoms with E-state index in [0.29, 0.717) is 0 Å². The zero-order chi connectivity index (χ0) is 22.2. The van der Waals surface area contributed by atoms with Gasteiger partial charge in [-0.2, -0.15) is 101 Å². The average Bonchev–Trinajstić information content (AvgIpc) is 2.79. The third-order valence-electron chi connectivity index (χ3n) is 5.30. The SMILES string of the molecule is CS[Si](SC)(SC)[Si]([SiH2]c1ccccc1)([Si](SC)(SC)SC)[Si](SC)(SC)SC. The monoisotopic (exact) mass is 642 g/mol. The molecule has 0 aliphatic rings. The van der Waals surface area contributed by atoms with E-state index in [4.69, 9.17) is 0 Å². The highest BCUT2D eigenvalue weighted by Gasteiger charge is 2.77. The summed E-state index contributed by atoms with van der Waals surface area (Å²) < 4.78 is 0. The third kappa shape index (κ3) is 5.50. The predicted molar refractivity (Wildman–Crippen MR) is 179 cm³/mol. The van der Waals surface area contributed by atoms with Crippen molar-refractivity contribution in [3.05, 3.63) is 30.3 Å². The molecule has 0 N–H and O–H groups in total. The fourth-order valence-electron chi connectivity index (χ4n) is 4.11. The molecule has 1 rings (SSSR count). The van der Waals surface area contributed by atoms with E-state index < -0.39 is 21.3 Å². The smallest absolute Gasteiger partial charge is 0.169 e. The first-order valence-corrected chi connectivity index (χ1v) is 40.5. The fraction of sp³-hybridized carbons (Fsp3) is 0.600. The van der Waals surface area contributed by atoms with E-state index in [1.54, 1.807) is 5.19 Å². The molecule has 0 amide bonds. The Morgan fingerprint density at radius 1 is 0.483 bits per heavy atom. The first-order valence-electron chi connectivity index (χ1n) is 8.88. The highest BCUT2D eigenvalue weighted by atomic mass is 32.9. The van der Waals surface area contributed by atoms with Gasteiger partial charge in [-0.3, -0.25) is 0 Å². The van der Waals surface area contributed by atoms with E-state index in [2.05, 4.69) is 188 Å². The van der Waals surface area contributed by atoms with Gasteiger partial charge in [-0.1, -0.05) is 35.5 Å². The predicted octanol–water partition coefficient (Wildman–Crippen LogP) is 5.75. The topological polar surface area (TPSA) is 0 Å². The van der Waals surface area contributed by atoms with Crippen molar-refractivity contribution in [1.29, 1.82) is 0 Å². The third-order valence-corrected chi connectivity index (χ3v) is 203. The van der Waals surface area contributed by atoms with Crippen LogP contribution in [-0.4, -0.2) is 86.6 Å². The van der Waals surface area contributed by atoms with Crippen LogP contribution in [0.3, 0.4) is 0 Å². The Kier molecular flexibility index (Phi) is 14.8. The molecule has 0 saturated carbocycles. The molecule has 0 aliphatic heterocycles. The number of benzene rings is 1. The van der Waals surface area contributed by atoms with Crippen LogP contribution >= 0.6 is 101 Å². The lowest BCUT2D eigenvalue weighted by atomic mass is 10.4. The van der Waals surface area contributed by atoms with Gasteiger partial charge < -0.3 is 0 Å². The molecule has 168 valence electrons. The Morgan fingerprint density at radius 2 is 0.759 bits per heavy atom. The molecule has 0 saturated heterocycles. The van der Waals surface area contributed by atoms with Crippen molar-refractivity contribution < 1.29 is 0 Å². The molecule has 1 aromatic carbocycles. The standard InChI is InChI=1S/C15H34S9Si5/c1-16-26(17-2,18-3)29(27(19-4,20-5)21-6,28(22-7,23-8)24-9)25-15-13-11-10-12-14-15/h10-14H,25H2,1-9H3. The van der Waals surface area contributed by atoms with E-state index >= 15 is 0 Å². The average molecular weight is 643 g/mol. The number of hydrogen-bond acceptors (Lipinski definition) is 9. The van der Waals surface area contributed by atoms with Gasteiger partial charge in [0, 0.05) is 0 Å². The summed E-state index contributed by atoms with van der Waals surface area (Å²) in [6, 6.07) is 11.8. The van der Waals surface area contributed by atoms with Gasteiger partial charge in [-0.25, -0.2) is 0 Å². The van der Waals surface area contributed by atoms with Crippen molar-refractivity contribution in [2.45, 2.75) is 0 Å². The molecule has 1 aromatic rings. The lowest BCUT2D eigenvalue weighted by Crippen LogP contribution is -2.86. The van der Waals surface area contributed by atoms with Crippen LogP contribution in [0, 0.1) is 0 Å². The van der Waals surface area contributed by atoms with Crippen LogP contribution in [0.15, 0.2) is 30.3 Å². The van der Waals surface area contributed by atoms with Gasteiger partial charge in [0.2, 0.25) is 15.1 Å².